The molecule has 1 amide bonds. The number of aromatic nitrogens is 1. The Morgan fingerprint density at radius 3 is 2.46 bits per heavy atom. The number of nitriles is 1. The fraction of sp³-hybridized carbons (Fsp3) is 0.312. The van der Waals surface area contributed by atoms with Crippen LogP contribution in [0.1, 0.15) is 49.5 Å². The fourth-order valence-corrected chi connectivity index (χ4v) is 5.34. The Kier molecular flexibility index (Phi) is 7.59. The molecule has 3 aromatic carbocycles. The van der Waals surface area contributed by atoms with Crippen LogP contribution in [0.15, 0.2) is 66.7 Å². The zero-order valence-electron chi connectivity index (χ0n) is 22.6. The van der Waals surface area contributed by atoms with Crippen LogP contribution in [0, 0.1) is 17.1 Å². The molecule has 6 rings (SSSR count). The van der Waals surface area contributed by atoms with Gasteiger partial charge in [-0.05, 0) is 79.8 Å². The lowest BCUT2D eigenvalue weighted by molar-refractivity contribution is -0.143. The van der Waals surface area contributed by atoms with Gasteiger partial charge < -0.3 is 23.5 Å². The Labute approximate surface area is 237 Å². The standard InChI is InChI=1S/C32H30FN3O5/c1-20(21-5-9-23(33)10-6-21)40-32(37)35-24-11-7-22(8-12-24)31-29(16-34)28-15-26(41-27-17-38-19-39-18-27)13-14-30(28)36(31)25-3-2-4-25/h5-15,20,25,27H,2-4,17-19H2,1H3,(H,35,37)/t20-/m1/s1. The Balaban J connectivity index is 1.25. The van der Waals surface area contributed by atoms with Crippen molar-refractivity contribution in [1.29, 1.82) is 5.26 Å². The van der Waals surface area contributed by atoms with Gasteiger partial charge in [0.15, 0.2) is 0 Å². The van der Waals surface area contributed by atoms with Crippen molar-refractivity contribution in [1.82, 2.24) is 4.57 Å². The molecular formula is C32H30FN3O5. The summed E-state index contributed by atoms with van der Waals surface area (Å²) in [6.07, 6.45) is 1.89. The maximum absolute atomic E-state index is 13.2. The number of anilines is 1. The van der Waals surface area contributed by atoms with E-state index in [2.05, 4.69) is 16.0 Å². The second kappa shape index (κ2) is 11.6. The molecule has 1 aliphatic carbocycles. The van der Waals surface area contributed by atoms with E-state index in [9.17, 15) is 14.4 Å². The van der Waals surface area contributed by atoms with Crippen LogP contribution >= 0.6 is 0 Å². The SMILES string of the molecule is C[C@@H](OC(=O)Nc1ccc(-c2c(C#N)c3cc(OC4COCOC4)ccc3n2C2CCC2)cc1)c1ccc(F)cc1. The lowest BCUT2D eigenvalue weighted by Gasteiger charge is -2.30. The van der Waals surface area contributed by atoms with Crippen molar-refractivity contribution in [2.45, 2.75) is 44.4 Å². The number of nitrogens with zero attached hydrogens (tertiary/aromatic N) is 2. The minimum Gasteiger partial charge on any atom is -0.486 e. The summed E-state index contributed by atoms with van der Waals surface area (Å²) in [4.78, 5) is 12.5. The van der Waals surface area contributed by atoms with Gasteiger partial charge in [0.2, 0.25) is 0 Å². The van der Waals surface area contributed by atoms with Crippen LogP contribution in [-0.4, -0.2) is 36.8 Å². The van der Waals surface area contributed by atoms with Crippen LogP contribution in [0.4, 0.5) is 14.9 Å². The average Bonchev–Trinajstić information content (AvgIpc) is 3.26. The van der Waals surface area contributed by atoms with Gasteiger partial charge in [-0.3, -0.25) is 5.32 Å². The first kappa shape index (κ1) is 26.8. The number of carbonyl (C=O) groups is 1. The Morgan fingerprint density at radius 1 is 1.07 bits per heavy atom. The minimum absolute atomic E-state index is 0.203. The highest BCUT2D eigenvalue weighted by Gasteiger charge is 2.28. The molecule has 1 aromatic heterocycles. The highest BCUT2D eigenvalue weighted by atomic mass is 19.1. The Hall–Kier alpha value is -4.39. The first-order valence-corrected chi connectivity index (χ1v) is 13.7. The summed E-state index contributed by atoms with van der Waals surface area (Å²) in [6.45, 7) is 2.91. The fourth-order valence-electron chi connectivity index (χ4n) is 5.34. The van der Waals surface area contributed by atoms with Crippen LogP contribution in [0.25, 0.3) is 22.2 Å². The van der Waals surface area contributed by atoms with Gasteiger partial charge in [-0.15, -0.1) is 0 Å². The van der Waals surface area contributed by atoms with Crippen LogP contribution < -0.4 is 10.1 Å². The van der Waals surface area contributed by atoms with Crippen LogP contribution in [-0.2, 0) is 14.2 Å². The molecule has 2 heterocycles. The molecule has 2 fully saturated rings. The number of ether oxygens (including phenoxy) is 4. The molecule has 41 heavy (non-hydrogen) atoms. The maximum atomic E-state index is 13.2. The monoisotopic (exact) mass is 555 g/mol. The van der Waals surface area contributed by atoms with Gasteiger partial charge in [0.1, 0.15) is 36.6 Å². The zero-order chi connectivity index (χ0) is 28.3. The topological polar surface area (TPSA) is 94.7 Å². The summed E-state index contributed by atoms with van der Waals surface area (Å²) in [5, 5.41) is 13.9. The molecule has 0 bridgehead atoms. The molecular weight excluding hydrogens is 525 g/mol. The molecule has 1 aliphatic heterocycles. The molecule has 1 atom stereocenters. The van der Waals surface area contributed by atoms with Gasteiger partial charge in [-0.1, -0.05) is 24.3 Å². The third-order valence-electron chi connectivity index (χ3n) is 7.63. The first-order chi connectivity index (χ1) is 20.0. The molecule has 0 spiro atoms. The van der Waals surface area contributed by atoms with E-state index >= 15 is 0 Å². The number of rotatable bonds is 7. The van der Waals surface area contributed by atoms with Gasteiger partial charge >= 0.3 is 6.09 Å². The van der Waals surface area contributed by atoms with E-state index in [1.54, 1.807) is 31.2 Å². The Morgan fingerprint density at radius 2 is 1.80 bits per heavy atom. The number of nitrogens with one attached hydrogen (secondary N) is 1. The lowest BCUT2D eigenvalue weighted by Crippen LogP contribution is -2.33. The van der Waals surface area contributed by atoms with E-state index in [0.717, 1.165) is 41.4 Å². The van der Waals surface area contributed by atoms with Crippen LogP contribution in [0.5, 0.6) is 5.75 Å². The molecule has 2 aliphatic rings. The van der Waals surface area contributed by atoms with Crippen molar-refractivity contribution in [3.8, 4) is 23.1 Å². The summed E-state index contributed by atoms with van der Waals surface area (Å²) >= 11 is 0. The molecule has 8 nitrogen and oxygen atoms in total. The summed E-state index contributed by atoms with van der Waals surface area (Å²) in [7, 11) is 0. The highest BCUT2D eigenvalue weighted by molar-refractivity contribution is 5.96. The third-order valence-corrected chi connectivity index (χ3v) is 7.63. The number of hydrogen-bond acceptors (Lipinski definition) is 6. The number of amides is 1. The molecule has 9 heteroatoms. The van der Waals surface area contributed by atoms with E-state index in [-0.39, 0.29) is 18.7 Å². The summed E-state index contributed by atoms with van der Waals surface area (Å²) in [6, 6.07) is 21.9. The summed E-state index contributed by atoms with van der Waals surface area (Å²) in [5.41, 5.74) is 4.56. The quantitative estimate of drug-likeness (QED) is 0.261. The molecule has 1 saturated carbocycles. The lowest BCUT2D eigenvalue weighted by atomic mass is 9.92. The molecule has 1 N–H and O–H groups in total. The molecule has 0 radical (unpaired) electrons. The van der Waals surface area contributed by atoms with Crippen molar-refractivity contribution in [2.75, 3.05) is 25.3 Å². The van der Waals surface area contributed by atoms with Gasteiger partial charge in [0, 0.05) is 17.1 Å². The first-order valence-electron chi connectivity index (χ1n) is 13.7. The van der Waals surface area contributed by atoms with Gasteiger partial charge in [0.25, 0.3) is 0 Å². The van der Waals surface area contributed by atoms with Crippen LogP contribution in [0.3, 0.4) is 0 Å². The van der Waals surface area contributed by atoms with E-state index in [0.29, 0.717) is 41.8 Å². The maximum Gasteiger partial charge on any atom is 0.412 e. The molecule has 4 aromatic rings. The van der Waals surface area contributed by atoms with Crippen LogP contribution in [0.2, 0.25) is 0 Å². The largest absolute Gasteiger partial charge is 0.486 e. The second-order valence-corrected chi connectivity index (χ2v) is 10.4. The van der Waals surface area contributed by atoms with Crippen molar-refractivity contribution >= 4 is 22.7 Å². The van der Waals surface area contributed by atoms with E-state index in [1.165, 1.54) is 12.1 Å². The zero-order valence-corrected chi connectivity index (χ0v) is 22.6. The van der Waals surface area contributed by atoms with Gasteiger partial charge in [0.05, 0.1) is 30.0 Å². The third kappa shape index (κ3) is 5.62. The molecule has 210 valence electrons. The number of halogens is 1. The highest BCUT2D eigenvalue weighted by Crippen LogP contribution is 2.43. The smallest absolute Gasteiger partial charge is 0.412 e. The number of fused-ring (bicyclic) bond motifs is 1. The molecule has 0 unspecified atom stereocenters. The number of benzene rings is 3. The molecule has 1 saturated heterocycles. The summed E-state index contributed by atoms with van der Waals surface area (Å²) < 4.78 is 37.7. The van der Waals surface area contributed by atoms with Gasteiger partial charge in [-0.2, -0.15) is 5.26 Å². The number of hydrogen-bond donors (Lipinski definition) is 1. The van der Waals surface area contributed by atoms with Gasteiger partial charge in [-0.25, -0.2) is 9.18 Å². The van der Waals surface area contributed by atoms with Crippen molar-refractivity contribution in [2.24, 2.45) is 0 Å². The van der Waals surface area contributed by atoms with E-state index in [4.69, 9.17) is 18.9 Å². The van der Waals surface area contributed by atoms with Crippen molar-refractivity contribution in [3.05, 3.63) is 83.7 Å². The summed E-state index contributed by atoms with van der Waals surface area (Å²) in [5.74, 6) is 0.318. The van der Waals surface area contributed by atoms with Crippen molar-refractivity contribution in [3.63, 3.8) is 0 Å². The van der Waals surface area contributed by atoms with E-state index < -0.39 is 12.2 Å². The van der Waals surface area contributed by atoms with Crippen molar-refractivity contribution < 1.29 is 28.1 Å². The number of carbonyl (C=O) groups excluding carboxylic acids is 1. The Bertz CT molecular complexity index is 1580. The average molecular weight is 556 g/mol. The predicted molar refractivity (Wildman–Crippen MR) is 151 cm³/mol. The van der Waals surface area contributed by atoms with E-state index in [1.807, 2.05) is 30.3 Å². The predicted octanol–water partition coefficient (Wildman–Crippen LogP) is 7.11. The second-order valence-electron chi connectivity index (χ2n) is 10.4. The minimum atomic E-state index is -0.614. The normalized spacial score (nSPS) is 16.5.